The van der Waals surface area contributed by atoms with E-state index in [4.69, 9.17) is 4.74 Å². The number of aliphatic hydroxyl groups is 2. The van der Waals surface area contributed by atoms with Crippen LogP contribution >= 0.6 is 0 Å². The highest BCUT2D eigenvalue weighted by Crippen LogP contribution is 2.21. The van der Waals surface area contributed by atoms with E-state index in [2.05, 4.69) is 5.32 Å². The van der Waals surface area contributed by atoms with Gasteiger partial charge in [-0.3, -0.25) is 0 Å². The van der Waals surface area contributed by atoms with Crippen LogP contribution in [0, 0.1) is 0 Å². The van der Waals surface area contributed by atoms with Crippen LogP contribution in [-0.2, 0) is 0 Å². The van der Waals surface area contributed by atoms with Crippen molar-refractivity contribution < 1.29 is 14.9 Å². The Kier molecular flexibility index (Phi) is 5.83. The first-order valence-electron chi connectivity index (χ1n) is 7.44. The van der Waals surface area contributed by atoms with E-state index in [0.29, 0.717) is 6.54 Å². The van der Waals surface area contributed by atoms with E-state index in [0.717, 1.165) is 37.0 Å². The second kappa shape index (κ2) is 7.62. The number of ether oxygens (including phenoxy) is 1. The Morgan fingerprint density at radius 2 is 2.10 bits per heavy atom. The second-order valence-electron chi connectivity index (χ2n) is 5.51. The van der Waals surface area contributed by atoms with Crippen LogP contribution in [0.1, 0.15) is 43.8 Å². The van der Waals surface area contributed by atoms with Crippen LogP contribution in [0.15, 0.2) is 24.3 Å². The van der Waals surface area contributed by atoms with Gasteiger partial charge in [0.2, 0.25) is 0 Å². The lowest BCUT2D eigenvalue weighted by molar-refractivity contribution is 0.104. The molecule has 20 heavy (non-hydrogen) atoms. The molecule has 1 aromatic rings. The van der Waals surface area contributed by atoms with Gasteiger partial charge in [0, 0.05) is 12.6 Å². The van der Waals surface area contributed by atoms with Gasteiger partial charge in [-0.15, -0.1) is 0 Å². The first-order chi connectivity index (χ1) is 9.70. The number of methoxy groups -OCH3 is 1. The molecule has 1 saturated carbocycles. The minimum Gasteiger partial charge on any atom is -0.497 e. The summed E-state index contributed by atoms with van der Waals surface area (Å²) >= 11 is 0. The fourth-order valence-electron chi connectivity index (χ4n) is 2.76. The Bertz CT molecular complexity index is 410. The third-order valence-electron chi connectivity index (χ3n) is 4.03. The van der Waals surface area contributed by atoms with Crippen molar-refractivity contribution in [3.63, 3.8) is 0 Å². The van der Waals surface area contributed by atoms with Crippen molar-refractivity contribution in [3.05, 3.63) is 29.8 Å². The molecule has 0 heterocycles. The summed E-state index contributed by atoms with van der Waals surface area (Å²) in [6.07, 6.45) is 4.38. The van der Waals surface area contributed by atoms with Crippen molar-refractivity contribution in [1.82, 2.24) is 5.32 Å². The highest BCUT2D eigenvalue weighted by molar-refractivity contribution is 5.29. The molecule has 0 saturated heterocycles. The quantitative estimate of drug-likeness (QED) is 0.722. The van der Waals surface area contributed by atoms with Crippen LogP contribution in [0.25, 0.3) is 0 Å². The first kappa shape index (κ1) is 15.3. The molecule has 3 atom stereocenters. The van der Waals surface area contributed by atoms with Gasteiger partial charge in [0.05, 0.1) is 19.3 Å². The Morgan fingerprint density at radius 1 is 1.30 bits per heavy atom. The van der Waals surface area contributed by atoms with Crippen LogP contribution in [0.2, 0.25) is 0 Å². The Morgan fingerprint density at radius 3 is 2.90 bits per heavy atom. The Labute approximate surface area is 120 Å². The minimum atomic E-state index is -0.583. The molecule has 0 radical (unpaired) electrons. The number of hydrogen-bond acceptors (Lipinski definition) is 4. The predicted molar refractivity (Wildman–Crippen MR) is 78.8 cm³/mol. The summed E-state index contributed by atoms with van der Waals surface area (Å²) in [5.74, 6) is 0.746. The van der Waals surface area contributed by atoms with Gasteiger partial charge in [-0.25, -0.2) is 0 Å². The summed E-state index contributed by atoms with van der Waals surface area (Å²) in [4.78, 5) is 0. The Balaban J connectivity index is 1.88. The van der Waals surface area contributed by atoms with Gasteiger partial charge in [-0.1, -0.05) is 31.4 Å². The molecular weight excluding hydrogens is 254 g/mol. The second-order valence-corrected chi connectivity index (χ2v) is 5.51. The van der Waals surface area contributed by atoms with Gasteiger partial charge >= 0.3 is 0 Å². The van der Waals surface area contributed by atoms with E-state index in [1.807, 2.05) is 24.3 Å². The average molecular weight is 279 g/mol. The minimum absolute atomic E-state index is 0.0951. The van der Waals surface area contributed by atoms with Gasteiger partial charge in [0.15, 0.2) is 0 Å². The molecule has 1 aromatic carbocycles. The predicted octanol–water partition coefficient (Wildman–Crippen LogP) is 2.01. The highest BCUT2D eigenvalue weighted by atomic mass is 16.5. The molecule has 0 aliphatic heterocycles. The molecule has 2 rings (SSSR count). The molecule has 4 heteroatoms. The zero-order valence-electron chi connectivity index (χ0n) is 12.1. The average Bonchev–Trinajstić information content (AvgIpc) is 2.69. The zero-order valence-corrected chi connectivity index (χ0v) is 12.1. The monoisotopic (exact) mass is 279 g/mol. The summed E-state index contributed by atoms with van der Waals surface area (Å²) in [5.41, 5.74) is 0.833. The van der Waals surface area contributed by atoms with Crippen LogP contribution in [-0.4, -0.2) is 36.0 Å². The van der Waals surface area contributed by atoms with Crippen molar-refractivity contribution in [2.75, 3.05) is 13.7 Å². The van der Waals surface area contributed by atoms with Crippen molar-refractivity contribution in [1.29, 1.82) is 0 Å². The molecule has 0 bridgehead atoms. The summed E-state index contributed by atoms with van der Waals surface area (Å²) in [6, 6.07) is 7.56. The Hall–Kier alpha value is -1.10. The lowest BCUT2D eigenvalue weighted by Gasteiger charge is -2.23. The maximum atomic E-state index is 10.2. The van der Waals surface area contributed by atoms with Gasteiger partial charge in [0.25, 0.3) is 0 Å². The van der Waals surface area contributed by atoms with Gasteiger partial charge in [0.1, 0.15) is 5.75 Å². The number of nitrogens with one attached hydrogen (secondary N) is 1. The number of benzene rings is 1. The highest BCUT2D eigenvalue weighted by Gasteiger charge is 2.22. The molecular formula is C16H25NO3. The third kappa shape index (κ3) is 4.20. The van der Waals surface area contributed by atoms with E-state index in [1.165, 1.54) is 6.42 Å². The van der Waals surface area contributed by atoms with E-state index < -0.39 is 6.10 Å². The lowest BCUT2D eigenvalue weighted by atomic mass is 10.0. The fourth-order valence-corrected chi connectivity index (χ4v) is 2.76. The molecule has 112 valence electrons. The molecule has 0 amide bonds. The molecule has 0 aromatic heterocycles. The zero-order chi connectivity index (χ0) is 14.4. The topological polar surface area (TPSA) is 61.7 Å². The normalized spacial score (nSPS) is 24.9. The third-order valence-corrected chi connectivity index (χ3v) is 4.03. The van der Waals surface area contributed by atoms with E-state index in [1.54, 1.807) is 7.11 Å². The summed E-state index contributed by atoms with van der Waals surface area (Å²) in [5, 5.41) is 23.6. The fraction of sp³-hybridized carbons (Fsp3) is 0.625. The summed E-state index contributed by atoms with van der Waals surface area (Å²) < 4.78 is 5.16. The van der Waals surface area contributed by atoms with Gasteiger partial charge in [-0.2, -0.15) is 0 Å². The van der Waals surface area contributed by atoms with Gasteiger partial charge < -0.3 is 20.3 Å². The molecule has 1 aliphatic carbocycles. The van der Waals surface area contributed by atoms with Gasteiger partial charge in [-0.05, 0) is 30.5 Å². The van der Waals surface area contributed by atoms with E-state index in [9.17, 15) is 10.2 Å². The molecule has 1 fully saturated rings. The van der Waals surface area contributed by atoms with Crippen LogP contribution in [0.4, 0.5) is 0 Å². The SMILES string of the molecule is COc1cccc(C(O)CNC2CCCCCC2O)c1. The number of rotatable bonds is 5. The smallest absolute Gasteiger partial charge is 0.119 e. The molecule has 0 spiro atoms. The van der Waals surface area contributed by atoms with Crippen LogP contribution in [0.3, 0.4) is 0 Å². The van der Waals surface area contributed by atoms with Crippen molar-refractivity contribution >= 4 is 0 Å². The van der Waals surface area contributed by atoms with Crippen LogP contribution < -0.4 is 10.1 Å². The van der Waals surface area contributed by atoms with Crippen molar-refractivity contribution in [2.45, 2.75) is 50.4 Å². The number of hydrogen-bond donors (Lipinski definition) is 3. The summed E-state index contributed by atoms with van der Waals surface area (Å²) in [6.45, 7) is 0.453. The maximum Gasteiger partial charge on any atom is 0.119 e. The van der Waals surface area contributed by atoms with Crippen LogP contribution in [0.5, 0.6) is 5.75 Å². The summed E-state index contributed by atoms with van der Waals surface area (Å²) in [7, 11) is 1.62. The van der Waals surface area contributed by atoms with E-state index in [-0.39, 0.29) is 12.1 Å². The molecule has 4 nitrogen and oxygen atoms in total. The van der Waals surface area contributed by atoms with E-state index >= 15 is 0 Å². The molecule has 3 N–H and O–H groups in total. The maximum absolute atomic E-state index is 10.2. The first-order valence-corrected chi connectivity index (χ1v) is 7.44. The lowest BCUT2D eigenvalue weighted by Crippen LogP contribution is -2.41. The number of aliphatic hydroxyl groups excluding tert-OH is 2. The standard InChI is InChI=1S/C16H25NO3/c1-20-13-7-5-6-12(10-13)16(19)11-17-14-8-3-2-4-9-15(14)18/h5-7,10,14-19H,2-4,8-9,11H2,1H3. The molecule has 3 unspecified atom stereocenters. The molecule has 1 aliphatic rings. The van der Waals surface area contributed by atoms with Crippen molar-refractivity contribution in [2.24, 2.45) is 0 Å². The largest absolute Gasteiger partial charge is 0.497 e. The van der Waals surface area contributed by atoms with Crippen molar-refractivity contribution in [3.8, 4) is 5.75 Å².